The van der Waals surface area contributed by atoms with Crippen LogP contribution in [-0.2, 0) is 6.54 Å². The van der Waals surface area contributed by atoms with Crippen molar-refractivity contribution in [3.05, 3.63) is 55.8 Å². The Morgan fingerprint density at radius 2 is 2.04 bits per heavy atom. The fourth-order valence-electron chi connectivity index (χ4n) is 3.10. The molecule has 1 aliphatic heterocycles. The van der Waals surface area contributed by atoms with Crippen LogP contribution in [0, 0.1) is 17.0 Å². The zero-order valence-corrected chi connectivity index (χ0v) is 15.2. The average molecular weight is 359 g/mol. The lowest BCUT2D eigenvalue weighted by atomic mass is 10.1. The van der Waals surface area contributed by atoms with Gasteiger partial charge in [-0.3, -0.25) is 14.9 Å². The van der Waals surface area contributed by atoms with Crippen molar-refractivity contribution in [2.24, 2.45) is 0 Å². The number of hydrogen-bond acceptors (Lipinski definition) is 5. The molecule has 3 rings (SSSR count). The van der Waals surface area contributed by atoms with Crippen LogP contribution in [0.4, 0.5) is 11.4 Å². The second-order valence-electron chi connectivity index (χ2n) is 6.34. The van der Waals surface area contributed by atoms with Gasteiger partial charge in [-0.1, -0.05) is 0 Å². The lowest BCUT2D eigenvalue weighted by molar-refractivity contribution is -0.384. The Morgan fingerprint density at radius 3 is 2.64 bits per heavy atom. The standard InChI is InChI=1S/C18H21N3O3S/c1-13-7-10-25-17(13)12-19(2)18(22)14-5-6-15(16(11-14)21(23)24)20-8-3-4-9-20/h5-7,10-11H,3-4,8-9,12H2,1-2H3. The van der Waals surface area contributed by atoms with Crippen LogP contribution in [0.1, 0.15) is 33.6 Å². The van der Waals surface area contributed by atoms with Crippen LogP contribution >= 0.6 is 11.3 Å². The second kappa shape index (κ2) is 7.23. The number of hydrogen-bond donors (Lipinski definition) is 0. The van der Waals surface area contributed by atoms with Crippen molar-refractivity contribution in [3.63, 3.8) is 0 Å². The minimum atomic E-state index is -0.395. The fraction of sp³-hybridized carbons (Fsp3) is 0.389. The Kier molecular flexibility index (Phi) is 5.03. The molecule has 0 N–H and O–H groups in total. The molecule has 6 nitrogen and oxygen atoms in total. The largest absolute Gasteiger partial charge is 0.366 e. The molecular formula is C18H21N3O3S. The molecule has 1 aromatic heterocycles. The van der Waals surface area contributed by atoms with Gasteiger partial charge in [0.25, 0.3) is 11.6 Å². The van der Waals surface area contributed by atoms with Gasteiger partial charge < -0.3 is 9.80 Å². The van der Waals surface area contributed by atoms with Gasteiger partial charge in [-0.15, -0.1) is 11.3 Å². The topological polar surface area (TPSA) is 66.7 Å². The molecule has 0 bridgehead atoms. The lowest BCUT2D eigenvalue weighted by Crippen LogP contribution is -2.26. The maximum atomic E-state index is 12.7. The number of nitrogens with zero attached hydrogens (tertiary/aromatic N) is 3. The number of aryl methyl sites for hydroxylation is 1. The van der Waals surface area contributed by atoms with Crippen LogP contribution in [0.2, 0.25) is 0 Å². The van der Waals surface area contributed by atoms with Crippen LogP contribution in [0.3, 0.4) is 0 Å². The Bertz CT molecular complexity index is 797. The molecule has 0 unspecified atom stereocenters. The molecule has 0 radical (unpaired) electrons. The molecule has 0 saturated carbocycles. The van der Waals surface area contributed by atoms with Crippen molar-refractivity contribution < 1.29 is 9.72 Å². The van der Waals surface area contributed by atoms with E-state index in [-0.39, 0.29) is 11.6 Å². The number of carbonyl (C=O) groups is 1. The fourth-order valence-corrected chi connectivity index (χ4v) is 4.06. The number of nitro benzene ring substituents is 1. The van der Waals surface area contributed by atoms with Crippen LogP contribution in [0.25, 0.3) is 0 Å². The van der Waals surface area contributed by atoms with E-state index in [1.807, 2.05) is 23.3 Å². The lowest BCUT2D eigenvalue weighted by Gasteiger charge is -2.20. The molecule has 0 aliphatic carbocycles. The molecule has 1 amide bonds. The molecule has 25 heavy (non-hydrogen) atoms. The summed E-state index contributed by atoms with van der Waals surface area (Å²) in [6.07, 6.45) is 2.08. The van der Waals surface area contributed by atoms with Crippen molar-refractivity contribution >= 4 is 28.6 Å². The number of amides is 1. The van der Waals surface area contributed by atoms with E-state index in [1.165, 1.54) is 6.07 Å². The quantitative estimate of drug-likeness (QED) is 0.601. The van der Waals surface area contributed by atoms with E-state index < -0.39 is 4.92 Å². The number of thiophene rings is 1. The van der Waals surface area contributed by atoms with E-state index >= 15 is 0 Å². The Labute approximate surface area is 150 Å². The maximum Gasteiger partial charge on any atom is 0.293 e. The van der Waals surface area contributed by atoms with Crippen molar-refractivity contribution in [1.82, 2.24) is 4.90 Å². The van der Waals surface area contributed by atoms with Crippen molar-refractivity contribution in [2.45, 2.75) is 26.3 Å². The summed E-state index contributed by atoms with van der Waals surface area (Å²) in [4.78, 5) is 28.5. The summed E-state index contributed by atoms with van der Waals surface area (Å²) in [7, 11) is 1.72. The zero-order valence-electron chi connectivity index (χ0n) is 14.4. The molecule has 0 atom stereocenters. The number of anilines is 1. The molecule has 0 spiro atoms. The number of rotatable bonds is 5. The Hall–Kier alpha value is -2.41. The van der Waals surface area contributed by atoms with E-state index in [2.05, 4.69) is 0 Å². The summed E-state index contributed by atoms with van der Waals surface area (Å²) in [6, 6.07) is 6.84. The molecule has 1 fully saturated rings. The molecule has 7 heteroatoms. The third-order valence-electron chi connectivity index (χ3n) is 4.56. The summed E-state index contributed by atoms with van der Waals surface area (Å²) in [6.45, 7) is 4.17. The SMILES string of the molecule is Cc1ccsc1CN(C)C(=O)c1ccc(N2CCCC2)c([N+](=O)[O-])c1. The van der Waals surface area contributed by atoms with Crippen LogP contribution in [0.5, 0.6) is 0 Å². The van der Waals surface area contributed by atoms with E-state index in [4.69, 9.17) is 0 Å². The summed E-state index contributed by atoms with van der Waals surface area (Å²) in [5.41, 5.74) is 2.12. The normalized spacial score (nSPS) is 13.9. The molecule has 1 aliphatic rings. The van der Waals surface area contributed by atoms with Crippen LogP contribution < -0.4 is 4.90 Å². The first kappa shape index (κ1) is 17.4. The van der Waals surface area contributed by atoms with E-state index in [1.54, 1.807) is 35.4 Å². The van der Waals surface area contributed by atoms with Gasteiger partial charge in [0.2, 0.25) is 0 Å². The predicted octanol–water partition coefficient (Wildman–Crippen LogP) is 3.84. The first-order chi connectivity index (χ1) is 12.0. The maximum absolute atomic E-state index is 12.7. The minimum absolute atomic E-state index is 0.00783. The first-order valence-corrected chi connectivity index (χ1v) is 9.17. The number of benzene rings is 1. The minimum Gasteiger partial charge on any atom is -0.366 e. The highest BCUT2D eigenvalue weighted by Crippen LogP contribution is 2.32. The van der Waals surface area contributed by atoms with Gasteiger partial charge >= 0.3 is 0 Å². The highest BCUT2D eigenvalue weighted by atomic mass is 32.1. The summed E-state index contributed by atoms with van der Waals surface area (Å²) < 4.78 is 0. The molecule has 2 heterocycles. The number of carbonyl (C=O) groups excluding carboxylic acids is 1. The molecule has 1 saturated heterocycles. The van der Waals surface area contributed by atoms with Crippen molar-refractivity contribution in [3.8, 4) is 0 Å². The highest BCUT2D eigenvalue weighted by Gasteiger charge is 2.24. The summed E-state index contributed by atoms with van der Waals surface area (Å²) in [5.74, 6) is -0.205. The third kappa shape index (κ3) is 3.66. The smallest absolute Gasteiger partial charge is 0.293 e. The van der Waals surface area contributed by atoms with Gasteiger partial charge in [-0.25, -0.2) is 0 Å². The van der Waals surface area contributed by atoms with E-state index in [0.29, 0.717) is 17.8 Å². The average Bonchev–Trinajstić information content (AvgIpc) is 3.26. The Morgan fingerprint density at radius 1 is 1.32 bits per heavy atom. The summed E-state index contributed by atoms with van der Waals surface area (Å²) in [5, 5.41) is 13.5. The predicted molar refractivity (Wildman–Crippen MR) is 99.4 cm³/mol. The highest BCUT2D eigenvalue weighted by molar-refractivity contribution is 7.10. The molecular weight excluding hydrogens is 338 g/mol. The van der Waals surface area contributed by atoms with Gasteiger partial charge in [0.05, 0.1) is 11.5 Å². The second-order valence-corrected chi connectivity index (χ2v) is 7.34. The summed E-state index contributed by atoms with van der Waals surface area (Å²) >= 11 is 1.61. The van der Waals surface area contributed by atoms with Crippen LogP contribution in [0.15, 0.2) is 29.6 Å². The van der Waals surface area contributed by atoms with Crippen molar-refractivity contribution in [1.29, 1.82) is 0 Å². The van der Waals surface area contributed by atoms with Gasteiger partial charge in [0.15, 0.2) is 0 Å². The molecule has 1 aromatic carbocycles. The van der Waals surface area contributed by atoms with E-state index in [0.717, 1.165) is 36.4 Å². The van der Waals surface area contributed by atoms with Gasteiger partial charge in [0.1, 0.15) is 5.69 Å². The van der Waals surface area contributed by atoms with E-state index in [9.17, 15) is 14.9 Å². The third-order valence-corrected chi connectivity index (χ3v) is 5.57. The Balaban J connectivity index is 1.83. The monoisotopic (exact) mass is 359 g/mol. The number of nitro groups is 1. The van der Waals surface area contributed by atoms with Gasteiger partial charge in [-0.05, 0) is 48.9 Å². The van der Waals surface area contributed by atoms with Gasteiger partial charge in [0, 0.05) is 36.6 Å². The zero-order chi connectivity index (χ0) is 18.0. The van der Waals surface area contributed by atoms with Gasteiger partial charge in [-0.2, -0.15) is 0 Å². The molecule has 132 valence electrons. The molecule has 2 aromatic rings. The van der Waals surface area contributed by atoms with Crippen molar-refractivity contribution in [2.75, 3.05) is 25.0 Å². The van der Waals surface area contributed by atoms with Crippen LogP contribution in [-0.4, -0.2) is 35.9 Å². The first-order valence-electron chi connectivity index (χ1n) is 8.29.